The number of rotatable bonds is 10. The Hall–Kier alpha value is -2.78. The summed E-state index contributed by atoms with van der Waals surface area (Å²) in [7, 11) is -4.43. The second-order valence-electron chi connectivity index (χ2n) is 8.12. The summed E-state index contributed by atoms with van der Waals surface area (Å²) in [6.45, 7) is 6.10. The zero-order chi connectivity index (χ0) is 24.9. The van der Waals surface area contributed by atoms with Crippen LogP contribution in [0.1, 0.15) is 37.8 Å². The summed E-state index contributed by atoms with van der Waals surface area (Å²) in [5.41, 5.74) is 3.66. The Kier molecular flexibility index (Phi) is 8.09. The van der Waals surface area contributed by atoms with Gasteiger partial charge in [0, 0.05) is 42.8 Å². The van der Waals surface area contributed by atoms with Crippen LogP contribution in [0.4, 0.5) is 24.5 Å². The number of hydrogen-bond donors (Lipinski definition) is 2. The molecule has 0 atom stereocenters. The summed E-state index contributed by atoms with van der Waals surface area (Å²) in [5, 5.41) is 4.27. The van der Waals surface area contributed by atoms with Crippen molar-refractivity contribution in [2.24, 2.45) is 0 Å². The van der Waals surface area contributed by atoms with Gasteiger partial charge >= 0.3 is 6.18 Å². The third kappa shape index (κ3) is 6.64. The molecule has 5 nitrogen and oxygen atoms in total. The van der Waals surface area contributed by atoms with Crippen molar-refractivity contribution in [1.82, 2.24) is 0 Å². The maximum Gasteiger partial charge on any atom is 0.389 e. The van der Waals surface area contributed by atoms with Crippen LogP contribution in [0.3, 0.4) is 0 Å². The fourth-order valence-corrected chi connectivity index (χ4v) is 4.51. The predicted octanol–water partition coefficient (Wildman–Crippen LogP) is 6.28. The highest BCUT2D eigenvalue weighted by Gasteiger charge is 2.26. The molecule has 0 saturated heterocycles. The summed E-state index contributed by atoms with van der Waals surface area (Å²) in [6.07, 6.45) is -4.65. The van der Waals surface area contributed by atoms with E-state index in [0.717, 1.165) is 35.3 Å². The molecule has 0 bridgehead atoms. The zero-order valence-corrected chi connectivity index (χ0v) is 20.0. The van der Waals surface area contributed by atoms with Crippen molar-refractivity contribution in [2.75, 3.05) is 29.9 Å². The van der Waals surface area contributed by atoms with Gasteiger partial charge in [0.2, 0.25) is 0 Å². The molecular formula is C25H29F3N2O3S. The first-order chi connectivity index (χ1) is 16.0. The molecule has 0 aliphatic carbocycles. The van der Waals surface area contributed by atoms with Crippen molar-refractivity contribution in [3.05, 3.63) is 65.7 Å². The van der Waals surface area contributed by atoms with Crippen LogP contribution in [-0.4, -0.2) is 38.8 Å². The fourth-order valence-electron chi connectivity index (χ4n) is 4.00. The quantitative estimate of drug-likeness (QED) is 0.257. The van der Waals surface area contributed by atoms with Crippen LogP contribution in [0.15, 0.2) is 59.5 Å². The first-order valence-electron chi connectivity index (χ1n) is 11.2. The standard InChI is InChI=1S/C25H29F3N2O3S/c1-3-30(4-2)20-9-6-18(7-10-20)16-19-8-13-24(29-15-5-14-25(26,27)28)23-17-21(34(31,32)33)11-12-22(19)23/h6-13,17,29H,3-5,14-16H2,1-2H3,(H,31,32,33). The SMILES string of the molecule is CCN(CC)c1ccc(Cc2ccc(NCCCC(F)(F)F)c3cc(S(=O)(=O)O)ccc23)cc1. The molecule has 0 fully saturated rings. The molecule has 3 aromatic rings. The number of fused-ring (bicyclic) bond motifs is 1. The summed E-state index contributed by atoms with van der Waals surface area (Å²) in [4.78, 5) is 1.98. The van der Waals surface area contributed by atoms with Gasteiger partial charge in [0.1, 0.15) is 0 Å². The Morgan fingerprint density at radius 2 is 1.62 bits per heavy atom. The monoisotopic (exact) mass is 494 g/mol. The molecule has 184 valence electrons. The average Bonchev–Trinajstić information content (AvgIpc) is 2.78. The van der Waals surface area contributed by atoms with Gasteiger partial charge in [0.15, 0.2) is 0 Å². The van der Waals surface area contributed by atoms with Crippen molar-refractivity contribution in [3.8, 4) is 0 Å². The molecule has 0 saturated carbocycles. The molecule has 0 aliphatic rings. The highest BCUT2D eigenvalue weighted by atomic mass is 32.2. The minimum absolute atomic E-state index is 0.0802. The summed E-state index contributed by atoms with van der Waals surface area (Å²) < 4.78 is 70.2. The number of nitrogens with zero attached hydrogens (tertiary/aromatic N) is 1. The van der Waals surface area contributed by atoms with Crippen LogP contribution in [0.25, 0.3) is 10.8 Å². The molecule has 0 aliphatic heterocycles. The molecule has 3 aromatic carbocycles. The second-order valence-corrected chi connectivity index (χ2v) is 9.54. The van der Waals surface area contributed by atoms with E-state index in [4.69, 9.17) is 0 Å². The molecule has 0 spiro atoms. The van der Waals surface area contributed by atoms with Crippen molar-refractivity contribution in [1.29, 1.82) is 0 Å². The van der Waals surface area contributed by atoms with Gasteiger partial charge in [-0.2, -0.15) is 21.6 Å². The molecule has 0 aromatic heterocycles. The van der Waals surface area contributed by atoms with Gasteiger partial charge < -0.3 is 10.2 Å². The largest absolute Gasteiger partial charge is 0.389 e. The van der Waals surface area contributed by atoms with Crippen molar-refractivity contribution >= 4 is 32.3 Å². The normalized spacial score (nSPS) is 12.2. The summed E-state index contributed by atoms with van der Waals surface area (Å²) in [6, 6.07) is 16.2. The Morgan fingerprint density at radius 3 is 2.21 bits per heavy atom. The van der Waals surface area contributed by atoms with Gasteiger partial charge in [-0.25, -0.2) is 0 Å². The number of nitrogens with one attached hydrogen (secondary N) is 1. The van der Waals surface area contributed by atoms with Gasteiger partial charge in [-0.3, -0.25) is 4.55 Å². The van der Waals surface area contributed by atoms with E-state index in [1.54, 1.807) is 12.1 Å². The van der Waals surface area contributed by atoms with Crippen LogP contribution in [0.5, 0.6) is 0 Å². The van der Waals surface area contributed by atoms with Gasteiger partial charge in [-0.15, -0.1) is 0 Å². The van der Waals surface area contributed by atoms with E-state index < -0.39 is 22.7 Å². The van der Waals surface area contributed by atoms with Gasteiger partial charge in [-0.1, -0.05) is 24.3 Å². The highest BCUT2D eigenvalue weighted by molar-refractivity contribution is 7.85. The molecule has 0 amide bonds. The fraction of sp³-hybridized carbons (Fsp3) is 0.360. The Labute approximate surface area is 198 Å². The van der Waals surface area contributed by atoms with Gasteiger partial charge in [0.25, 0.3) is 10.1 Å². The third-order valence-corrected chi connectivity index (χ3v) is 6.64. The molecule has 0 heterocycles. The van der Waals surface area contributed by atoms with Crippen LogP contribution in [0, 0.1) is 0 Å². The number of benzene rings is 3. The Bertz CT molecular complexity index is 1220. The number of hydrogen-bond acceptors (Lipinski definition) is 4. The molecule has 9 heteroatoms. The summed E-state index contributed by atoms with van der Waals surface area (Å²) in [5.74, 6) is 0. The van der Waals surface area contributed by atoms with Gasteiger partial charge in [-0.05, 0) is 73.5 Å². The van der Waals surface area contributed by atoms with Crippen LogP contribution < -0.4 is 10.2 Å². The second kappa shape index (κ2) is 10.7. The van der Waals surface area contributed by atoms with E-state index in [-0.39, 0.29) is 17.9 Å². The van der Waals surface area contributed by atoms with E-state index in [2.05, 4.69) is 48.3 Å². The Balaban J connectivity index is 1.92. The molecule has 2 N–H and O–H groups in total. The van der Waals surface area contributed by atoms with Crippen LogP contribution >= 0.6 is 0 Å². The van der Waals surface area contributed by atoms with Gasteiger partial charge in [0.05, 0.1) is 4.90 Å². The first-order valence-corrected chi connectivity index (χ1v) is 12.6. The molecule has 3 rings (SSSR count). The number of anilines is 2. The molecular weight excluding hydrogens is 465 g/mol. The van der Waals surface area contributed by atoms with Crippen molar-refractivity contribution in [3.63, 3.8) is 0 Å². The lowest BCUT2D eigenvalue weighted by molar-refractivity contribution is -0.134. The number of halogens is 3. The molecule has 0 radical (unpaired) electrons. The van der Waals surface area contributed by atoms with E-state index in [1.165, 1.54) is 12.1 Å². The van der Waals surface area contributed by atoms with E-state index in [9.17, 15) is 26.1 Å². The van der Waals surface area contributed by atoms with E-state index in [0.29, 0.717) is 17.5 Å². The Morgan fingerprint density at radius 1 is 0.941 bits per heavy atom. The first kappa shape index (κ1) is 25.8. The van der Waals surface area contributed by atoms with Crippen molar-refractivity contribution < 1.29 is 26.1 Å². The molecule has 34 heavy (non-hydrogen) atoms. The minimum Gasteiger partial charge on any atom is -0.385 e. The van der Waals surface area contributed by atoms with E-state index >= 15 is 0 Å². The molecule has 0 unspecified atom stereocenters. The maximum absolute atomic E-state index is 12.5. The number of alkyl halides is 3. The van der Waals surface area contributed by atoms with Crippen LogP contribution in [-0.2, 0) is 16.5 Å². The average molecular weight is 495 g/mol. The van der Waals surface area contributed by atoms with Crippen LogP contribution in [0.2, 0.25) is 0 Å². The lowest BCUT2D eigenvalue weighted by Crippen LogP contribution is -2.21. The lowest BCUT2D eigenvalue weighted by atomic mass is 9.97. The maximum atomic E-state index is 12.5. The van der Waals surface area contributed by atoms with Crippen molar-refractivity contribution in [2.45, 2.75) is 44.2 Å². The minimum atomic E-state index is -4.43. The zero-order valence-electron chi connectivity index (χ0n) is 19.2. The lowest BCUT2D eigenvalue weighted by Gasteiger charge is -2.21. The highest BCUT2D eigenvalue weighted by Crippen LogP contribution is 2.31. The van der Waals surface area contributed by atoms with E-state index in [1.807, 2.05) is 6.07 Å². The topological polar surface area (TPSA) is 69.6 Å². The smallest absolute Gasteiger partial charge is 0.385 e. The summed E-state index contributed by atoms with van der Waals surface area (Å²) >= 11 is 0. The third-order valence-electron chi connectivity index (χ3n) is 5.79. The predicted molar refractivity (Wildman–Crippen MR) is 130 cm³/mol.